The molecule has 3 aromatic rings. The Bertz CT molecular complexity index is 790. The lowest BCUT2D eigenvalue weighted by Crippen LogP contribution is -1.98. The number of benzene rings is 3. The van der Waals surface area contributed by atoms with E-state index < -0.39 is 0 Å². The molecule has 0 saturated carbocycles. The van der Waals surface area contributed by atoms with Crippen molar-refractivity contribution in [1.29, 1.82) is 0 Å². The molecule has 0 saturated heterocycles. The number of aliphatic hydroxyl groups excluding tert-OH is 1. The largest absolute Gasteiger partial charge is 0.392 e. The second-order valence-electron chi connectivity index (χ2n) is 5.25. The van der Waals surface area contributed by atoms with E-state index in [1.54, 1.807) is 0 Å². The molecule has 0 bridgehead atoms. The summed E-state index contributed by atoms with van der Waals surface area (Å²) in [5.74, 6) is 0. The maximum absolute atomic E-state index is 10.0. The van der Waals surface area contributed by atoms with E-state index in [2.05, 4.69) is 12.1 Å². The number of hydrogen-bond donors (Lipinski definition) is 1. The summed E-state index contributed by atoms with van der Waals surface area (Å²) in [5.41, 5.74) is 5.05. The third-order valence-electron chi connectivity index (χ3n) is 3.78. The standard InChI is InChI=1S/C21H17ClO/c22-19-13-11-18(12-14-19)21(17-9-5-2-6-10-17)20(15-23)16-7-3-1-4-8-16/h1-14,23H,15H2. The molecule has 114 valence electrons. The molecule has 2 heteroatoms. The minimum absolute atomic E-state index is 0.0309. The van der Waals surface area contributed by atoms with Gasteiger partial charge in [0.25, 0.3) is 0 Å². The van der Waals surface area contributed by atoms with Crippen LogP contribution in [-0.2, 0) is 0 Å². The Balaban J connectivity index is 2.26. The molecule has 0 aliphatic carbocycles. The molecule has 0 aliphatic rings. The number of rotatable bonds is 4. The minimum atomic E-state index is -0.0309. The molecule has 0 fully saturated rings. The van der Waals surface area contributed by atoms with Gasteiger partial charge in [0.1, 0.15) is 0 Å². The van der Waals surface area contributed by atoms with Gasteiger partial charge in [0.05, 0.1) is 6.61 Å². The zero-order valence-corrected chi connectivity index (χ0v) is 13.4. The lowest BCUT2D eigenvalue weighted by atomic mass is 9.90. The van der Waals surface area contributed by atoms with Crippen molar-refractivity contribution in [3.63, 3.8) is 0 Å². The van der Waals surface area contributed by atoms with Crippen molar-refractivity contribution in [3.8, 4) is 0 Å². The molecule has 0 radical (unpaired) electrons. The maximum Gasteiger partial charge on any atom is 0.0693 e. The molecule has 0 unspecified atom stereocenters. The van der Waals surface area contributed by atoms with Gasteiger partial charge in [0, 0.05) is 5.02 Å². The SMILES string of the molecule is OCC(=C(c1ccccc1)c1ccc(Cl)cc1)c1ccccc1. The van der Waals surface area contributed by atoms with Crippen LogP contribution in [0.4, 0.5) is 0 Å². The highest BCUT2D eigenvalue weighted by Gasteiger charge is 2.13. The normalized spacial score (nSPS) is 11.9. The van der Waals surface area contributed by atoms with Crippen molar-refractivity contribution in [1.82, 2.24) is 0 Å². The van der Waals surface area contributed by atoms with E-state index in [1.165, 1.54) is 0 Å². The molecule has 3 rings (SSSR count). The first-order chi connectivity index (χ1) is 11.3. The minimum Gasteiger partial charge on any atom is -0.392 e. The van der Waals surface area contributed by atoms with Gasteiger partial charge in [-0.15, -0.1) is 0 Å². The summed E-state index contributed by atoms with van der Waals surface area (Å²) in [6.45, 7) is -0.0309. The second kappa shape index (κ2) is 7.28. The van der Waals surface area contributed by atoms with Crippen molar-refractivity contribution < 1.29 is 5.11 Å². The van der Waals surface area contributed by atoms with Crippen LogP contribution in [0.25, 0.3) is 11.1 Å². The van der Waals surface area contributed by atoms with Gasteiger partial charge in [-0.3, -0.25) is 0 Å². The average Bonchev–Trinajstić information content (AvgIpc) is 2.62. The van der Waals surface area contributed by atoms with E-state index >= 15 is 0 Å². The zero-order valence-electron chi connectivity index (χ0n) is 12.6. The first-order valence-electron chi connectivity index (χ1n) is 7.50. The Labute approximate surface area is 141 Å². The molecular formula is C21H17ClO. The van der Waals surface area contributed by atoms with E-state index in [0.717, 1.165) is 27.8 Å². The van der Waals surface area contributed by atoms with Crippen LogP contribution in [0.3, 0.4) is 0 Å². The fourth-order valence-electron chi connectivity index (χ4n) is 2.69. The van der Waals surface area contributed by atoms with Crippen LogP contribution in [0.2, 0.25) is 5.02 Å². The fourth-order valence-corrected chi connectivity index (χ4v) is 2.82. The summed E-state index contributed by atoms with van der Waals surface area (Å²) < 4.78 is 0. The van der Waals surface area contributed by atoms with Gasteiger partial charge < -0.3 is 5.11 Å². The van der Waals surface area contributed by atoms with Crippen molar-refractivity contribution in [2.24, 2.45) is 0 Å². The Morgan fingerprint density at radius 2 is 1.13 bits per heavy atom. The van der Waals surface area contributed by atoms with Gasteiger partial charge in [-0.25, -0.2) is 0 Å². The van der Waals surface area contributed by atoms with Crippen LogP contribution in [0.5, 0.6) is 0 Å². The fraction of sp³-hybridized carbons (Fsp3) is 0.0476. The Morgan fingerprint density at radius 1 is 0.652 bits per heavy atom. The van der Waals surface area contributed by atoms with Crippen LogP contribution < -0.4 is 0 Å². The molecule has 0 amide bonds. The molecule has 1 N–H and O–H groups in total. The number of halogens is 1. The Morgan fingerprint density at radius 3 is 1.65 bits per heavy atom. The van der Waals surface area contributed by atoms with Gasteiger partial charge in [-0.05, 0) is 40.0 Å². The lowest BCUT2D eigenvalue weighted by Gasteiger charge is -2.15. The van der Waals surface area contributed by atoms with E-state index in [9.17, 15) is 5.11 Å². The summed E-state index contributed by atoms with van der Waals surface area (Å²) in [6.07, 6.45) is 0. The number of aliphatic hydroxyl groups is 1. The molecule has 3 aromatic carbocycles. The van der Waals surface area contributed by atoms with Crippen LogP contribution in [0.15, 0.2) is 84.9 Å². The molecule has 0 aromatic heterocycles. The molecule has 23 heavy (non-hydrogen) atoms. The van der Waals surface area contributed by atoms with Crippen LogP contribution in [0, 0.1) is 0 Å². The summed E-state index contributed by atoms with van der Waals surface area (Å²) in [4.78, 5) is 0. The first kappa shape index (κ1) is 15.5. The van der Waals surface area contributed by atoms with Gasteiger partial charge >= 0.3 is 0 Å². The van der Waals surface area contributed by atoms with E-state index in [1.807, 2.05) is 72.8 Å². The van der Waals surface area contributed by atoms with Crippen molar-refractivity contribution in [3.05, 3.63) is 107 Å². The number of hydrogen-bond acceptors (Lipinski definition) is 1. The van der Waals surface area contributed by atoms with Crippen LogP contribution in [0.1, 0.15) is 16.7 Å². The Hall–Kier alpha value is -2.35. The quantitative estimate of drug-likeness (QED) is 0.647. The highest BCUT2D eigenvalue weighted by Crippen LogP contribution is 2.32. The zero-order chi connectivity index (χ0) is 16.1. The van der Waals surface area contributed by atoms with Crippen LogP contribution in [-0.4, -0.2) is 11.7 Å². The second-order valence-corrected chi connectivity index (χ2v) is 5.69. The van der Waals surface area contributed by atoms with Gasteiger partial charge in [0.2, 0.25) is 0 Å². The molecule has 1 nitrogen and oxygen atoms in total. The van der Waals surface area contributed by atoms with Gasteiger partial charge in [0.15, 0.2) is 0 Å². The molecule has 0 aliphatic heterocycles. The molecule has 0 atom stereocenters. The molecule has 0 spiro atoms. The summed E-state index contributed by atoms with van der Waals surface area (Å²) in [5, 5.41) is 10.7. The highest BCUT2D eigenvalue weighted by atomic mass is 35.5. The van der Waals surface area contributed by atoms with Gasteiger partial charge in [-0.2, -0.15) is 0 Å². The predicted molar refractivity (Wildman–Crippen MR) is 97.3 cm³/mol. The van der Waals surface area contributed by atoms with E-state index in [4.69, 9.17) is 11.6 Å². The molecular weight excluding hydrogens is 304 g/mol. The summed E-state index contributed by atoms with van der Waals surface area (Å²) in [6, 6.07) is 27.8. The lowest BCUT2D eigenvalue weighted by molar-refractivity contribution is 0.350. The first-order valence-corrected chi connectivity index (χ1v) is 7.88. The monoisotopic (exact) mass is 320 g/mol. The maximum atomic E-state index is 10.0. The van der Waals surface area contributed by atoms with Crippen molar-refractivity contribution >= 4 is 22.7 Å². The van der Waals surface area contributed by atoms with Crippen LogP contribution >= 0.6 is 11.6 Å². The smallest absolute Gasteiger partial charge is 0.0693 e. The topological polar surface area (TPSA) is 20.2 Å². The average molecular weight is 321 g/mol. The third-order valence-corrected chi connectivity index (χ3v) is 4.03. The molecule has 0 heterocycles. The summed E-state index contributed by atoms with van der Waals surface area (Å²) >= 11 is 6.03. The van der Waals surface area contributed by atoms with E-state index in [0.29, 0.717) is 5.02 Å². The van der Waals surface area contributed by atoms with Crippen molar-refractivity contribution in [2.45, 2.75) is 0 Å². The van der Waals surface area contributed by atoms with Crippen molar-refractivity contribution in [2.75, 3.05) is 6.61 Å². The predicted octanol–water partition coefficient (Wildman–Crippen LogP) is 5.29. The van der Waals surface area contributed by atoms with Gasteiger partial charge in [-0.1, -0.05) is 84.4 Å². The highest BCUT2D eigenvalue weighted by molar-refractivity contribution is 6.30. The van der Waals surface area contributed by atoms with E-state index in [-0.39, 0.29) is 6.61 Å². The Kier molecular flexibility index (Phi) is 4.92. The third kappa shape index (κ3) is 3.53. The summed E-state index contributed by atoms with van der Waals surface area (Å²) in [7, 11) is 0.